The molecule has 0 amide bonds. The van der Waals surface area contributed by atoms with E-state index in [2.05, 4.69) is 10.1 Å². The zero-order valence-corrected chi connectivity index (χ0v) is 11.2. The molecule has 0 N–H and O–H groups in total. The summed E-state index contributed by atoms with van der Waals surface area (Å²) in [5, 5.41) is 5.10. The molecule has 0 aliphatic carbocycles. The monoisotopic (exact) mass is 253 g/mol. The second-order valence-corrected chi connectivity index (χ2v) is 5.32. The normalized spacial score (nSPS) is 12.0. The largest absolute Gasteiger partial charge is 0.465 e. The zero-order valence-electron chi connectivity index (χ0n) is 10.4. The van der Waals surface area contributed by atoms with Gasteiger partial charge in [-0.1, -0.05) is 11.3 Å². The number of fused-ring (bicyclic) bond motifs is 1. The fraction of sp³-hybridized carbons (Fsp3) is 0.545. The van der Waals surface area contributed by atoms with Gasteiger partial charge in [-0.25, -0.2) is 9.50 Å². The van der Waals surface area contributed by atoms with Gasteiger partial charge in [0.05, 0.1) is 18.5 Å². The van der Waals surface area contributed by atoms with Gasteiger partial charge in [0.15, 0.2) is 0 Å². The first kappa shape index (κ1) is 12.0. The highest BCUT2D eigenvalue weighted by molar-refractivity contribution is 7.16. The van der Waals surface area contributed by atoms with E-state index >= 15 is 0 Å². The van der Waals surface area contributed by atoms with Gasteiger partial charge in [-0.15, -0.1) is 0 Å². The molecule has 0 aliphatic rings. The van der Waals surface area contributed by atoms with Gasteiger partial charge in [-0.05, 0) is 27.7 Å². The summed E-state index contributed by atoms with van der Waals surface area (Å²) >= 11 is 1.42. The maximum Gasteiger partial charge on any atom is 0.318 e. The topological polar surface area (TPSA) is 56.5 Å². The van der Waals surface area contributed by atoms with Crippen molar-refractivity contribution in [2.45, 2.75) is 33.1 Å². The molecule has 2 aromatic rings. The number of imidazole rings is 1. The number of ether oxygens (including phenoxy) is 1. The standard InChI is InChI=1S/C11H15N3O2S/c1-5-16-9(15)11(3,4)8-13-14-6-7(2)12-10(14)17-8/h6H,5H2,1-4H3. The van der Waals surface area contributed by atoms with Crippen molar-refractivity contribution in [1.82, 2.24) is 14.6 Å². The van der Waals surface area contributed by atoms with E-state index in [1.54, 1.807) is 11.4 Å². The van der Waals surface area contributed by atoms with Gasteiger partial charge in [0.1, 0.15) is 10.4 Å². The predicted molar refractivity (Wildman–Crippen MR) is 65.3 cm³/mol. The smallest absolute Gasteiger partial charge is 0.318 e. The first-order chi connectivity index (χ1) is 7.95. The molecule has 0 radical (unpaired) electrons. The van der Waals surface area contributed by atoms with Crippen LogP contribution in [0.4, 0.5) is 0 Å². The number of rotatable bonds is 3. The Labute approximate surface area is 103 Å². The van der Waals surface area contributed by atoms with Crippen LogP contribution in [0.3, 0.4) is 0 Å². The number of carbonyl (C=O) groups is 1. The Bertz CT molecular complexity index is 525. The lowest BCUT2D eigenvalue weighted by Crippen LogP contribution is -2.31. The first-order valence-corrected chi connectivity index (χ1v) is 6.27. The van der Waals surface area contributed by atoms with E-state index in [9.17, 15) is 4.79 Å². The summed E-state index contributed by atoms with van der Waals surface area (Å²) in [6.07, 6.45) is 1.84. The van der Waals surface area contributed by atoms with E-state index in [0.717, 1.165) is 15.7 Å². The summed E-state index contributed by atoms with van der Waals surface area (Å²) in [4.78, 5) is 17.0. The fourth-order valence-electron chi connectivity index (χ4n) is 1.46. The van der Waals surface area contributed by atoms with Crippen molar-refractivity contribution in [2.24, 2.45) is 0 Å². The van der Waals surface area contributed by atoms with Crippen LogP contribution in [-0.4, -0.2) is 27.2 Å². The van der Waals surface area contributed by atoms with Gasteiger partial charge < -0.3 is 4.74 Å². The zero-order chi connectivity index (χ0) is 12.6. The molecule has 6 heteroatoms. The molecule has 17 heavy (non-hydrogen) atoms. The van der Waals surface area contributed by atoms with Gasteiger partial charge in [0.25, 0.3) is 0 Å². The number of carbonyl (C=O) groups excluding carboxylic acids is 1. The van der Waals surface area contributed by atoms with Crippen molar-refractivity contribution in [3.8, 4) is 0 Å². The van der Waals surface area contributed by atoms with Crippen LogP contribution in [0.1, 0.15) is 31.5 Å². The van der Waals surface area contributed by atoms with Crippen LogP contribution in [0.15, 0.2) is 6.20 Å². The molecular weight excluding hydrogens is 238 g/mol. The Morgan fingerprint density at radius 2 is 2.29 bits per heavy atom. The van der Waals surface area contributed by atoms with E-state index in [-0.39, 0.29) is 5.97 Å². The van der Waals surface area contributed by atoms with Crippen molar-refractivity contribution in [2.75, 3.05) is 6.61 Å². The van der Waals surface area contributed by atoms with E-state index in [1.165, 1.54) is 11.3 Å². The fourth-order valence-corrected chi connectivity index (χ4v) is 2.48. The van der Waals surface area contributed by atoms with Crippen molar-refractivity contribution < 1.29 is 9.53 Å². The minimum absolute atomic E-state index is 0.256. The first-order valence-electron chi connectivity index (χ1n) is 5.45. The number of nitrogens with zero attached hydrogens (tertiary/aromatic N) is 3. The molecule has 0 saturated heterocycles. The molecule has 0 bridgehead atoms. The molecule has 0 fully saturated rings. The summed E-state index contributed by atoms with van der Waals surface area (Å²) in [5.41, 5.74) is 0.194. The second kappa shape index (κ2) is 4.10. The third kappa shape index (κ3) is 2.04. The highest BCUT2D eigenvalue weighted by Gasteiger charge is 2.35. The summed E-state index contributed by atoms with van der Waals surface area (Å²) in [5.74, 6) is -0.256. The minimum Gasteiger partial charge on any atom is -0.465 e. The number of aryl methyl sites for hydroxylation is 1. The van der Waals surface area contributed by atoms with Crippen molar-refractivity contribution in [3.05, 3.63) is 16.9 Å². The van der Waals surface area contributed by atoms with Gasteiger partial charge >= 0.3 is 5.97 Å². The van der Waals surface area contributed by atoms with E-state index in [1.807, 2.05) is 27.0 Å². The molecule has 92 valence electrons. The second-order valence-electron chi connectivity index (χ2n) is 4.36. The summed E-state index contributed by atoms with van der Waals surface area (Å²) in [6.45, 7) is 7.72. The SMILES string of the molecule is CCOC(=O)C(C)(C)c1nn2cc(C)nc2s1. The average molecular weight is 253 g/mol. The lowest BCUT2D eigenvalue weighted by molar-refractivity contribution is -0.148. The van der Waals surface area contributed by atoms with Crippen molar-refractivity contribution in [1.29, 1.82) is 0 Å². The van der Waals surface area contributed by atoms with Crippen LogP contribution in [0.2, 0.25) is 0 Å². The van der Waals surface area contributed by atoms with Crippen molar-refractivity contribution >= 4 is 22.3 Å². The lowest BCUT2D eigenvalue weighted by Gasteiger charge is -2.18. The van der Waals surface area contributed by atoms with E-state index < -0.39 is 5.41 Å². The molecular formula is C11H15N3O2S. The third-order valence-corrected chi connectivity index (χ3v) is 3.73. The van der Waals surface area contributed by atoms with Crippen LogP contribution in [-0.2, 0) is 14.9 Å². The minimum atomic E-state index is -0.727. The number of hydrogen-bond donors (Lipinski definition) is 0. The van der Waals surface area contributed by atoms with Gasteiger partial charge in [0, 0.05) is 0 Å². The molecule has 2 heterocycles. The molecule has 0 unspecified atom stereocenters. The maximum absolute atomic E-state index is 11.8. The van der Waals surface area contributed by atoms with Crippen LogP contribution >= 0.6 is 11.3 Å². The van der Waals surface area contributed by atoms with Gasteiger partial charge in [-0.2, -0.15) is 5.10 Å². The number of esters is 1. The Balaban J connectivity index is 2.37. The van der Waals surface area contributed by atoms with Crippen LogP contribution in [0, 0.1) is 6.92 Å². The number of aromatic nitrogens is 3. The summed E-state index contributed by atoms with van der Waals surface area (Å²) in [7, 11) is 0. The summed E-state index contributed by atoms with van der Waals surface area (Å²) in [6, 6.07) is 0. The quantitative estimate of drug-likeness (QED) is 0.784. The molecule has 0 atom stereocenters. The van der Waals surface area contributed by atoms with Gasteiger partial charge in [-0.3, -0.25) is 4.79 Å². The maximum atomic E-state index is 11.8. The van der Waals surface area contributed by atoms with Crippen LogP contribution in [0.25, 0.3) is 4.96 Å². The highest BCUT2D eigenvalue weighted by atomic mass is 32.1. The molecule has 2 rings (SSSR count). The Morgan fingerprint density at radius 1 is 1.59 bits per heavy atom. The predicted octanol–water partition coefficient (Wildman–Crippen LogP) is 1.94. The van der Waals surface area contributed by atoms with E-state index in [4.69, 9.17) is 4.74 Å². The Kier molecular flexibility index (Phi) is 2.91. The highest BCUT2D eigenvalue weighted by Crippen LogP contribution is 2.29. The molecule has 5 nitrogen and oxygen atoms in total. The van der Waals surface area contributed by atoms with E-state index in [0.29, 0.717) is 6.61 Å². The third-order valence-electron chi connectivity index (χ3n) is 2.48. The van der Waals surface area contributed by atoms with Gasteiger partial charge in [0.2, 0.25) is 4.96 Å². The average Bonchev–Trinajstić information content (AvgIpc) is 2.75. The Morgan fingerprint density at radius 3 is 2.88 bits per heavy atom. The molecule has 0 saturated carbocycles. The molecule has 0 aromatic carbocycles. The number of hydrogen-bond acceptors (Lipinski definition) is 5. The lowest BCUT2D eigenvalue weighted by atomic mass is 9.95. The van der Waals surface area contributed by atoms with Crippen LogP contribution < -0.4 is 0 Å². The molecule has 0 spiro atoms. The summed E-state index contributed by atoms with van der Waals surface area (Å²) < 4.78 is 6.76. The molecule has 2 aromatic heterocycles. The Hall–Kier alpha value is -1.43. The molecule has 0 aliphatic heterocycles. The van der Waals surface area contributed by atoms with Crippen molar-refractivity contribution in [3.63, 3.8) is 0 Å². The van der Waals surface area contributed by atoms with Crippen LogP contribution in [0.5, 0.6) is 0 Å².